The number of rotatable bonds is 5. The lowest BCUT2D eigenvalue weighted by molar-refractivity contribution is 0.546. The lowest BCUT2D eigenvalue weighted by Crippen LogP contribution is -2.30. The Labute approximate surface area is 118 Å². The van der Waals surface area contributed by atoms with Crippen LogP contribution in [0.25, 0.3) is 0 Å². The van der Waals surface area contributed by atoms with Crippen molar-refractivity contribution in [2.24, 2.45) is 5.84 Å². The molecule has 2 aromatic rings. The number of thiophene rings is 1. The molecule has 2 heterocycles. The van der Waals surface area contributed by atoms with Crippen molar-refractivity contribution < 1.29 is 0 Å². The number of nitrogens with two attached hydrogens (primary N) is 1. The van der Waals surface area contributed by atoms with E-state index in [0.29, 0.717) is 0 Å². The molecule has 2 rings (SSSR count). The monoisotopic (exact) mass is 362 g/mol. The summed E-state index contributed by atoms with van der Waals surface area (Å²) < 4.78 is 3.40. The van der Waals surface area contributed by atoms with Crippen LogP contribution in [0.15, 0.2) is 23.8 Å². The molecule has 17 heavy (non-hydrogen) atoms. The molecule has 0 spiro atoms. The van der Waals surface area contributed by atoms with Crippen LogP contribution >= 0.6 is 33.9 Å². The zero-order chi connectivity index (χ0) is 12.3. The maximum absolute atomic E-state index is 5.67. The van der Waals surface area contributed by atoms with Crippen molar-refractivity contribution in [3.8, 4) is 0 Å². The van der Waals surface area contributed by atoms with E-state index in [1.54, 1.807) is 11.3 Å². The van der Waals surface area contributed by atoms with Crippen molar-refractivity contribution in [1.82, 2.24) is 15.0 Å². The van der Waals surface area contributed by atoms with Gasteiger partial charge in [-0.2, -0.15) is 0 Å². The van der Waals surface area contributed by atoms with Crippen molar-refractivity contribution in [3.05, 3.63) is 38.1 Å². The van der Waals surface area contributed by atoms with Gasteiger partial charge < -0.3 is 4.57 Å². The van der Waals surface area contributed by atoms with Gasteiger partial charge in [0.2, 0.25) is 0 Å². The SMILES string of the molecule is CCCn1ccnc1C(NN)c1csc(I)c1. The quantitative estimate of drug-likeness (QED) is 0.488. The van der Waals surface area contributed by atoms with Gasteiger partial charge in [0.25, 0.3) is 0 Å². The van der Waals surface area contributed by atoms with Crippen molar-refractivity contribution in [2.45, 2.75) is 25.9 Å². The zero-order valence-electron chi connectivity index (χ0n) is 9.56. The first-order chi connectivity index (χ1) is 8.26. The van der Waals surface area contributed by atoms with Crippen LogP contribution in [0.4, 0.5) is 0 Å². The van der Waals surface area contributed by atoms with E-state index in [9.17, 15) is 0 Å². The Hall–Kier alpha value is -0.440. The van der Waals surface area contributed by atoms with Gasteiger partial charge in [0.05, 0.1) is 2.88 Å². The minimum absolute atomic E-state index is 0.0312. The van der Waals surface area contributed by atoms with Gasteiger partial charge in [0.15, 0.2) is 0 Å². The van der Waals surface area contributed by atoms with E-state index in [1.165, 1.54) is 8.45 Å². The third kappa shape index (κ3) is 2.87. The van der Waals surface area contributed by atoms with Crippen LogP contribution < -0.4 is 11.3 Å². The van der Waals surface area contributed by atoms with Gasteiger partial charge in [-0.1, -0.05) is 6.92 Å². The molecule has 0 aromatic carbocycles. The van der Waals surface area contributed by atoms with Crippen molar-refractivity contribution in [3.63, 3.8) is 0 Å². The smallest absolute Gasteiger partial charge is 0.131 e. The number of hydrogen-bond donors (Lipinski definition) is 2. The highest BCUT2D eigenvalue weighted by Gasteiger charge is 2.18. The normalized spacial score (nSPS) is 12.9. The van der Waals surface area contributed by atoms with Gasteiger partial charge in [-0.3, -0.25) is 5.84 Å². The molecule has 4 nitrogen and oxygen atoms in total. The summed E-state index contributed by atoms with van der Waals surface area (Å²) in [5.41, 5.74) is 4.02. The van der Waals surface area contributed by atoms with Crippen LogP contribution in [0.1, 0.15) is 30.8 Å². The van der Waals surface area contributed by atoms with Crippen molar-refractivity contribution >= 4 is 33.9 Å². The summed E-state index contributed by atoms with van der Waals surface area (Å²) in [6.45, 7) is 3.12. The molecule has 0 amide bonds. The number of imidazole rings is 1. The number of nitrogens with zero attached hydrogens (tertiary/aromatic N) is 2. The second kappa shape index (κ2) is 5.94. The van der Waals surface area contributed by atoms with Crippen LogP contribution in [0.2, 0.25) is 0 Å². The van der Waals surface area contributed by atoms with Crippen LogP contribution in [0.5, 0.6) is 0 Å². The van der Waals surface area contributed by atoms with Crippen molar-refractivity contribution in [1.29, 1.82) is 0 Å². The molecule has 1 unspecified atom stereocenters. The van der Waals surface area contributed by atoms with E-state index in [-0.39, 0.29) is 6.04 Å². The molecule has 3 N–H and O–H groups in total. The summed E-state index contributed by atoms with van der Waals surface area (Å²) in [4.78, 5) is 4.41. The summed E-state index contributed by atoms with van der Waals surface area (Å²) in [6.07, 6.45) is 4.91. The summed E-state index contributed by atoms with van der Waals surface area (Å²) in [6, 6.07) is 2.11. The molecule has 0 aliphatic rings. The number of halogens is 1. The molecule has 0 saturated heterocycles. The molecule has 0 aliphatic carbocycles. The lowest BCUT2D eigenvalue weighted by Gasteiger charge is -2.16. The molecule has 0 saturated carbocycles. The number of aromatic nitrogens is 2. The van der Waals surface area contributed by atoms with Crippen LogP contribution in [-0.2, 0) is 6.54 Å². The Morgan fingerprint density at radius 1 is 1.65 bits per heavy atom. The fourth-order valence-corrected chi connectivity index (χ4v) is 3.20. The molecule has 6 heteroatoms. The summed E-state index contributed by atoms with van der Waals surface area (Å²) >= 11 is 4.03. The highest BCUT2D eigenvalue weighted by Crippen LogP contribution is 2.26. The maximum Gasteiger partial charge on any atom is 0.131 e. The highest BCUT2D eigenvalue weighted by molar-refractivity contribution is 14.1. The Morgan fingerprint density at radius 2 is 2.47 bits per heavy atom. The summed E-state index contributed by atoms with van der Waals surface area (Å²) in [5, 5.41) is 2.12. The molecule has 92 valence electrons. The lowest BCUT2D eigenvalue weighted by atomic mass is 10.1. The van der Waals surface area contributed by atoms with E-state index in [2.05, 4.69) is 55.9 Å². The molecule has 1 atom stereocenters. The third-order valence-corrected chi connectivity index (χ3v) is 4.37. The predicted molar refractivity (Wildman–Crippen MR) is 78.7 cm³/mol. The molecule has 0 bridgehead atoms. The van der Waals surface area contributed by atoms with E-state index in [0.717, 1.165) is 18.8 Å². The Bertz CT molecular complexity index is 479. The minimum Gasteiger partial charge on any atom is -0.333 e. The van der Waals surface area contributed by atoms with Gasteiger partial charge in [0, 0.05) is 18.9 Å². The van der Waals surface area contributed by atoms with E-state index >= 15 is 0 Å². The Morgan fingerprint density at radius 3 is 3.06 bits per heavy atom. The largest absolute Gasteiger partial charge is 0.333 e. The summed E-state index contributed by atoms with van der Waals surface area (Å²) in [7, 11) is 0. The standard InChI is InChI=1S/C11H15IN4S/c1-2-4-16-5-3-14-11(16)10(15-13)8-6-9(12)17-7-8/h3,5-7,10,15H,2,4,13H2,1H3. The molecular weight excluding hydrogens is 347 g/mol. The van der Waals surface area contributed by atoms with Gasteiger partial charge in [-0.05, 0) is 46.0 Å². The average molecular weight is 362 g/mol. The van der Waals surface area contributed by atoms with E-state index < -0.39 is 0 Å². The van der Waals surface area contributed by atoms with Gasteiger partial charge >= 0.3 is 0 Å². The summed E-state index contributed by atoms with van der Waals surface area (Å²) in [5.74, 6) is 6.64. The molecule has 0 aliphatic heterocycles. The molecule has 2 aromatic heterocycles. The van der Waals surface area contributed by atoms with E-state index in [1.807, 2.05) is 12.4 Å². The van der Waals surface area contributed by atoms with Gasteiger partial charge in [-0.15, -0.1) is 11.3 Å². The molecule has 0 fully saturated rings. The number of nitrogens with one attached hydrogen (secondary N) is 1. The predicted octanol–water partition coefficient (Wildman–Crippen LogP) is 2.51. The second-order valence-electron chi connectivity index (χ2n) is 3.76. The fraction of sp³-hybridized carbons (Fsp3) is 0.364. The van der Waals surface area contributed by atoms with E-state index in [4.69, 9.17) is 5.84 Å². The van der Waals surface area contributed by atoms with Crippen LogP contribution in [0, 0.1) is 2.88 Å². The average Bonchev–Trinajstić information content (AvgIpc) is 2.91. The van der Waals surface area contributed by atoms with Gasteiger partial charge in [0.1, 0.15) is 11.9 Å². The first-order valence-corrected chi connectivity index (χ1v) is 7.43. The topological polar surface area (TPSA) is 55.9 Å². The Balaban J connectivity index is 2.31. The zero-order valence-corrected chi connectivity index (χ0v) is 12.5. The number of aryl methyl sites for hydroxylation is 1. The second-order valence-corrected chi connectivity index (χ2v) is 6.57. The maximum atomic E-state index is 5.67. The fourth-order valence-electron chi connectivity index (χ4n) is 1.81. The molecule has 0 radical (unpaired) electrons. The number of hydrazine groups is 1. The Kier molecular flexibility index (Phi) is 4.55. The first kappa shape index (κ1) is 13.0. The minimum atomic E-state index is -0.0312. The van der Waals surface area contributed by atoms with Crippen molar-refractivity contribution in [2.75, 3.05) is 0 Å². The van der Waals surface area contributed by atoms with Gasteiger partial charge in [-0.25, -0.2) is 10.4 Å². The highest BCUT2D eigenvalue weighted by atomic mass is 127. The first-order valence-electron chi connectivity index (χ1n) is 5.47. The van der Waals surface area contributed by atoms with Crippen LogP contribution in [-0.4, -0.2) is 9.55 Å². The molecular formula is C11H15IN4S. The van der Waals surface area contributed by atoms with Crippen LogP contribution in [0.3, 0.4) is 0 Å². The third-order valence-electron chi connectivity index (χ3n) is 2.56. The number of hydrogen-bond acceptors (Lipinski definition) is 4.